The van der Waals surface area contributed by atoms with Crippen LogP contribution in [0.1, 0.15) is 28.4 Å². The van der Waals surface area contributed by atoms with Crippen LogP contribution in [0.5, 0.6) is 5.75 Å². The summed E-state index contributed by atoms with van der Waals surface area (Å²) in [5, 5.41) is 9.73. The lowest BCUT2D eigenvalue weighted by atomic mass is 10.0. The Kier molecular flexibility index (Phi) is 4.29. The summed E-state index contributed by atoms with van der Waals surface area (Å²) in [4.78, 5) is 28.7. The average Bonchev–Trinajstić information content (AvgIpc) is 3.10. The van der Waals surface area contributed by atoms with Crippen LogP contribution in [0.3, 0.4) is 0 Å². The molecule has 0 aliphatic carbocycles. The molecule has 136 valence electrons. The quantitative estimate of drug-likeness (QED) is 0.742. The SMILES string of the molecule is COc1ccc(C(=O)Nc2nc3n(n2)[C@@H](c2ccccc2)CC(=O)N3)cc1. The molecule has 0 radical (unpaired) electrons. The van der Waals surface area contributed by atoms with Crippen LogP contribution in [0.25, 0.3) is 0 Å². The van der Waals surface area contributed by atoms with Crippen molar-refractivity contribution in [3.63, 3.8) is 0 Å². The number of rotatable bonds is 4. The van der Waals surface area contributed by atoms with Gasteiger partial charge in [-0.3, -0.25) is 20.2 Å². The molecule has 2 heterocycles. The van der Waals surface area contributed by atoms with E-state index in [-0.39, 0.29) is 30.2 Å². The lowest BCUT2D eigenvalue weighted by molar-refractivity contribution is -0.117. The van der Waals surface area contributed by atoms with Gasteiger partial charge >= 0.3 is 0 Å². The number of fused-ring (bicyclic) bond motifs is 1. The molecule has 0 saturated heterocycles. The smallest absolute Gasteiger partial charge is 0.258 e. The largest absolute Gasteiger partial charge is 0.497 e. The minimum absolute atomic E-state index is 0.133. The summed E-state index contributed by atoms with van der Waals surface area (Å²) in [7, 11) is 1.56. The van der Waals surface area contributed by atoms with Gasteiger partial charge < -0.3 is 4.74 Å². The summed E-state index contributed by atoms with van der Waals surface area (Å²) in [5.41, 5.74) is 1.40. The summed E-state index contributed by atoms with van der Waals surface area (Å²) in [6.07, 6.45) is 0.256. The lowest BCUT2D eigenvalue weighted by Crippen LogP contribution is -2.29. The Morgan fingerprint density at radius 1 is 1.19 bits per heavy atom. The second kappa shape index (κ2) is 6.91. The van der Waals surface area contributed by atoms with E-state index in [1.807, 2.05) is 30.3 Å². The van der Waals surface area contributed by atoms with Crippen LogP contribution in [0.15, 0.2) is 54.6 Å². The Morgan fingerprint density at radius 3 is 2.63 bits per heavy atom. The second-order valence-corrected chi connectivity index (χ2v) is 6.06. The number of anilines is 2. The molecule has 0 bridgehead atoms. The van der Waals surface area contributed by atoms with Gasteiger partial charge in [0, 0.05) is 5.56 Å². The number of benzene rings is 2. The van der Waals surface area contributed by atoms with E-state index < -0.39 is 0 Å². The molecule has 0 spiro atoms. The molecule has 2 aromatic carbocycles. The first kappa shape index (κ1) is 16.8. The fourth-order valence-corrected chi connectivity index (χ4v) is 2.97. The van der Waals surface area contributed by atoms with Gasteiger partial charge in [0.1, 0.15) is 5.75 Å². The van der Waals surface area contributed by atoms with Gasteiger partial charge in [-0.15, -0.1) is 5.10 Å². The van der Waals surface area contributed by atoms with Crippen LogP contribution in [0.4, 0.5) is 11.9 Å². The molecule has 8 heteroatoms. The summed E-state index contributed by atoms with van der Waals surface area (Å²) in [6.45, 7) is 0. The second-order valence-electron chi connectivity index (χ2n) is 6.06. The molecule has 27 heavy (non-hydrogen) atoms. The van der Waals surface area contributed by atoms with Crippen molar-refractivity contribution in [2.45, 2.75) is 12.5 Å². The molecule has 1 aromatic heterocycles. The number of carbonyl (C=O) groups excluding carboxylic acids is 2. The third-order valence-electron chi connectivity index (χ3n) is 4.32. The minimum atomic E-state index is -0.344. The fourth-order valence-electron chi connectivity index (χ4n) is 2.97. The van der Waals surface area contributed by atoms with Crippen molar-refractivity contribution < 1.29 is 14.3 Å². The number of aromatic nitrogens is 3. The highest BCUT2D eigenvalue weighted by Crippen LogP contribution is 2.29. The zero-order valence-electron chi connectivity index (χ0n) is 14.5. The Labute approximate surface area is 155 Å². The molecule has 0 fully saturated rings. The van der Waals surface area contributed by atoms with Gasteiger partial charge in [-0.2, -0.15) is 4.98 Å². The number of carbonyl (C=O) groups is 2. The maximum Gasteiger partial charge on any atom is 0.258 e. The van der Waals surface area contributed by atoms with Gasteiger partial charge in [-0.25, -0.2) is 4.68 Å². The number of hydrogen-bond donors (Lipinski definition) is 2. The zero-order chi connectivity index (χ0) is 18.8. The minimum Gasteiger partial charge on any atom is -0.497 e. The molecule has 8 nitrogen and oxygen atoms in total. The predicted octanol–water partition coefficient (Wildman–Crippen LogP) is 2.47. The molecular formula is C19H17N5O3. The number of methoxy groups -OCH3 is 1. The highest BCUT2D eigenvalue weighted by atomic mass is 16.5. The summed E-state index contributed by atoms with van der Waals surface area (Å²) >= 11 is 0. The van der Waals surface area contributed by atoms with Crippen molar-refractivity contribution in [1.29, 1.82) is 0 Å². The molecule has 0 unspecified atom stereocenters. The Morgan fingerprint density at radius 2 is 1.93 bits per heavy atom. The van der Waals surface area contributed by atoms with Crippen molar-refractivity contribution in [3.05, 3.63) is 65.7 Å². The topological polar surface area (TPSA) is 98.1 Å². The Balaban J connectivity index is 1.59. The van der Waals surface area contributed by atoms with Gasteiger partial charge in [0.15, 0.2) is 0 Å². The third-order valence-corrected chi connectivity index (χ3v) is 4.32. The summed E-state index contributed by atoms with van der Waals surface area (Å²) in [5.74, 6) is 0.620. The maximum absolute atomic E-state index is 12.4. The molecule has 2 amide bonds. The fraction of sp³-hybridized carbons (Fsp3) is 0.158. The first-order chi connectivity index (χ1) is 13.1. The van der Waals surface area contributed by atoms with Gasteiger partial charge in [0.2, 0.25) is 11.9 Å². The van der Waals surface area contributed by atoms with Crippen LogP contribution >= 0.6 is 0 Å². The van der Waals surface area contributed by atoms with E-state index in [0.717, 1.165) is 5.56 Å². The maximum atomic E-state index is 12.4. The summed E-state index contributed by atoms with van der Waals surface area (Å²) < 4.78 is 6.71. The zero-order valence-corrected chi connectivity index (χ0v) is 14.5. The van der Waals surface area contributed by atoms with Crippen LogP contribution < -0.4 is 15.4 Å². The Hall–Kier alpha value is -3.68. The predicted molar refractivity (Wildman–Crippen MR) is 98.8 cm³/mol. The number of nitrogens with zero attached hydrogens (tertiary/aromatic N) is 3. The highest BCUT2D eigenvalue weighted by molar-refractivity contribution is 6.03. The van der Waals surface area contributed by atoms with E-state index in [4.69, 9.17) is 4.74 Å². The molecular weight excluding hydrogens is 346 g/mol. The molecule has 1 atom stereocenters. The van der Waals surface area contributed by atoms with Crippen molar-refractivity contribution >= 4 is 23.7 Å². The van der Waals surface area contributed by atoms with Gasteiger partial charge in [0.05, 0.1) is 19.6 Å². The monoisotopic (exact) mass is 363 g/mol. The van der Waals surface area contributed by atoms with Crippen molar-refractivity contribution in [1.82, 2.24) is 14.8 Å². The molecule has 2 N–H and O–H groups in total. The van der Waals surface area contributed by atoms with Crippen molar-refractivity contribution in [3.8, 4) is 5.75 Å². The van der Waals surface area contributed by atoms with Crippen LogP contribution in [-0.4, -0.2) is 33.7 Å². The highest BCUT2D eigenvalue weighted by Gasteiger charge is 2.29. The van der Waals surface area contributed by atoms with E-state index >= 15 is 0 Å². The number of nitrogens with one attached hydrogen (secondary N) is 2. The van der Waals surface area contributed by atoms with Gasteiger partial charge in [-0.05, 0) is 29.8 Å². The molecule has 4 rings (SSSR count). The first-order valence-electron chi connectivity index (χ1n) is 8.41. The molecule has 1 aliphatic rings. The van der Waals surface area contributed by atoms with Gasteiger partial charge in [0.25, 0.3) is 11.9 Å². The van der Waals surface area contributed by atoms with E-state index in [0.29, 0.717) is 17.3 Å². The van der Waals surface area contributed by atoms with E-state index in [2.05, 4.69) is 20.7 Å². The van der Waals surface area contributed by atoms with Crippen LogP contribution in [0, 0.1) is 0 Å². The molecule has 0 saturated carbocycles. The number of hydrogen-bond acceptors (Lipinski definition) is 5. The van der Waals surface area contributed by atoms with Crippen molar-refractivity contribution in [2.75, 3.05) is 17.7 Å². The number of amides is 2. The molecule has 1 aliphatic heterocycles. The molecule has 3 aromatic rings. The van der Waals surface area contributed by atoms with E-state index in [1.54, 1.807) is 36.1 Å². The summed E-state index contributed by atoms with van der Waals surface area (Å²) in [6, 6.07) is 16.0. The number of ether oxygens (including phenoxy) is 1. The van der Waals surface area contributed by atoms with Crippen LogP contribution in [0.2, 0.25) is 0 Å². The van der Waals surface area contributed by atoms with E-state index in [1.165, 1.54) is 0 Å². The average molecular weight is 363 g/mol. The Bertz CT molecular complexity index is 982. The third kappa shape index (κ3) is 3.37. The normalized spacial score (nSPS) is 15.6. The lowest BCUT2D eigenvalue weighted by Gasteiger charge is -2.23. The van der Waals surface area contributed by atoms with Gasteiger partial charge in [-0.1, -0.05) is 30.3 Å². The standard InChI is InChI=1S/C19H17N5O3/c1-27-14-9-7-13(8-10-14)17(26)21-18-22-19-20-16(25)11-15(24(19)23-18)12-5-3-2-4-6-12/h2-10,15H,11H2,1H3,(H2,20,21,22,23,25,26)/t15-/m1/s1. The van der Waals surface area contributed by atoms with Crippen LogP contribution in [-0.2, 0) is 4.79 Å². The first-order valence-corrected chi connectivity index (χ1v) is 8.41. The van der Waals surface area contributed by atoms with Crippen molar-refractivity contribution in [2.24, 2.45) is 0 Å². The van der Waals surface area contributed by atoms with E-state index in [9.17, 15) is 9.59 Å².